The number of nitrogens with one attached hydrogen (secondary N) is 2. The van der Waals surface area contributed by atoms with E-state index in [4.69, 9.17) is 0 Å². The Kier molecular flexibility index (Phi) is 6.44. The average Bonchev–Trinajstić information content (AvgIpc) is 2.90. The van der Waals surface area contributed by atoms with E-state index < -0.39 is 15.3 Å². The Morgan fingerprint density at radius 1 is 1.21 bits per heavy atom. The van der Waals surface area contributed by atoms with Crippen molar-refractivity contribution in [2.45, 2.75) is 38.4 Å². The van der Waals surface area contributed by atoms with Gasteiger partial charge >= 0.3 is 0 Å². The van der Waals surface area contributed by atoms with Crippen LogP contribution in [0.4, 0.5) is 5.69 Å². The normalized spacial score (nSPS) is 21.6. The lowest BCUT2D eigenvalue weighted by Crippen LogP contribution is -2.35. The third-order valence-corrected chi connectivity index (χ3v) is 7.35. The number of hydrogen-bond acceptors (Lipinski definition) is 6. The highest BCUT2D eigenvalue weighted by molar-refractivity contribution is 7.93. The predicted octanol–water partition coefficient (Wildman–Crippen LogP) is 1.44. The molecule has 2 N–H and O–H groups in total. The summed E-state index contributed by atoms with van der Waals surface area (Å²) in [4.78, 5) is 6.81. The number of dihydropyridines is 1. The van der Waals surface area contributed by atoms with E-state index in [0.29, 0.717) is 11.4 Å². The van der Waals surface area contributed by atoms with Crippen molar-refractivity contribution in [3.8, 4) is 0 Å². The topological polar surface area (TPSA) is 91.6 Å². The Morgan fingerprint density at radius 2 is 1.93 bits per heavy atom. The number of aliphatic imine (C=N–C) groups is 1. The van der Waals surface area contributed by atoms with Gasteiger partial charge in [0.2, 0.25) is 10.0 Å². The first kappa shape index (κ1) is 20.9. The van der Waals surface area contributed by atoms with Crippen LogP contribution in [0.2, 0.25) is 0 Å². The van der Waals surface area contributed by atoms with E-state index in [1.807, 2.05) is 6.92 Å². The number of amidine groups is 1. The Balaban J connectivity index is 1.49. The fourth-order valence-electron chi connectivity index (χ4n) is 3.71. The van der Waals surface area contributed by atoms with E-state index in [-0.39, 0.29) is 6.54 Å². The minimum atomic E-state index is -3.56. The molecule has 3 heterocycles. The number of anilines is 1. The smallest absolute Gasteiger partial charge is 0.241 e. The lowest BCUT2D eigenvalue weighted by Gasteiger charge is -2.29. The lowest BCUT2D eigenvalue weighted by atomic mass is 9.94. The fraction of sp³-hybridized carbons (Fsp3) is 0.684. The van der Waals surface area contributed by atoms with Crippen LogP contribution < -0.4 is 10.0 Å². The second-order valence-electron chi connectivity index (χ2n) is 7.90. The first-order valence-electron chi connectivity index (χ1n) is 9.93. The molecule has 3 rings (SSSR count). The maximum Gasteiger partial charge on any atom is 0.241 e. The van der Waals surface area contributed by atoms with Crippen molar-refractivity contribution in [1.29, 1.82) is 0 Å². The van der Waals surface area contributed by atoms with Crippen molar-refractivity contribution in [2.24, 2.45) is 18.0 Å². The van der Waals surface area contributed by atoms with Gasteiger partial charge < -0.3 is 10.2 Å². The van der Waals surface area contributed by atoms with Crippen LogP contribution in [-0.2, 0) is 17.1 Å². The number of piperidine rings is 1. The standard InChI is InChI=1S/C19H32N6O2S/c1-14-19(15(2)25(4)22-14)23-28(26,27)17-5-6-18(21-13-17)20-10-7-16-8-11-24(3)12-9-16/h5-6,16-17,23H,7-13H2,1-4H3,(H,20,21). The van der Waals surface area contributed by atoms with Gasteiger partial charge in [0.25, 0.3) is 0 Å². The van der Waals surface area contributed by atoms with Gasteiger partial charge in [-0.25, -0.2) is 8.42 Å². The molecular weight excluding hydrogens is 376 g/mol. The Morgan fingerprint density at radius 3 is 2.50 bits per heavy atom. The van der Waals surface area contributed by atoms with Crippen molar-refractivity contribution >= 4 is 21.5 Å². The van der Waals surface area contributed by atoms with E-state index >= 15 is 0 Å². The summed E-state index contributed by atoms with van der Waals surface area (Å²) in [5.41, 5.74) is 2.02. The molecule has 0 saturated carbocycles. The summed E-state index contributed by atoms with van der Waals surface area (Å²) in [6.45, 7) is 7.09. The second kappa shape index (κ2) is 8.65. The van der Waals surface area contributed by atoms with Crippen LogP contribution in [0.25, 0.3) is 0 Å². The Labute approximate surface area is 168 Å². The van der Waals surface area contributed by atoms with Gasteiger partial charge in [0.05, 0.1) is 23.6 Å². The molecular formula is C19H32N6O2S. The number of likely N-dealkylation sites (tertiary alicyclic amines) is 1. The van der Waals surface area contributed by atoms with Crippen LogP contribution in [0.5, 0.6) is 0 Å². The van der Waals surface area contributed by atoms with E-state index in [0.717, 1.165) is 30.4 Å². The van der Waals surface area contributed by atoms with Crippen LogP contribution in [0.1, 0.15) is 30.7 Å². The summed E-state index contributed by atoms with van der Waals surface area (Å²) < 4.78 is 29.8. The minimum Gasteiger partial charge on any atom is -0.370 e. The van der Waals surface area contributed by atoms with Crippen molar-refractivity contribution in [3.63, 3.8) is 0 Å². The molecule has 1 atom stereocenters. The number of aryl methyl sites for hydroxylation is 2. The highest BCUT2D eigenvalue weighted by Crippen LogP contribution is 2.22. The van der Waals surface area contributed by atoms with Gasteiger partial charge in [-0.1, -0.05) is 6.08 Å². The molecule has 0 aromatic carbocycles. The van der Waals surface area contributed by atoms with Gasteiger partial charge in [0, 0.05) is 13.6 Å². The van der Waals surface area contributed by atoms with Crippen molar-refractivity contribution < 1.29 is 8.42 Å². The van der Waals surface area contributed by atoms with Crippen molar-refractivity contribution in [3.05, 3.63) is 23.5 Å². The first-order chi connectivity index (χ1) is 13.3. The minimum absolute atomic E-state index is 0.223. The summed E-state index contributed by atoms with van der Waals surface area (Å²) >= 11 is 0. The summed E-state index contributed by atoms with van der Waals surface area (Å²) in [5.74, 6) is 1.54. The van der Waals surface area contributed by atoms with Crippen molar-refractivity contribution in [2.75, 3.05) is 37.9 Å². The zero-order valence-corrected chi connectivity index (χ0v) is 18.1. The number of sulfonamides is 1. The highest BCUT2D eigenvalue weighted by atomic mass is 32.2. The first-order valence-corrected chi connectivity index (χ1v) is 11.5. The van der Waals surface area contributed by atoms with Gasteiger partial charge in [-0.3, -0.25) is 14.4 Å². The molecule has 9 heteroatoms. The molecule has 156 valence electrons. The fourth-order valence-corrected chi connectivity index (χ4v) is 5.00. The molecule has 8 nitrogen and oxygen atoms in total. The Hall–Kier alpha value is -1.87. The highest BCUT2D eigenvalue weighted by Gasteiger charge is 2.27. The third kappa shape index (κ3) is 4.94. The lowest BCUT2D eigenvalue weighted by molar-refractivity contribution is 0.213. The molecule has 0 spiro atoms. The largest absolute Gasteiger partial charge is 0.370 e. The van der Waals surface area contributed by atoms with Gasteiger partial charge in [0.15, 0.2) is 0 Å². The Bertz CT molecular complexity index is 850. The number of hydrogen-bond donors (Lipinski definition) is 2. The van der Waals surface area contributed by atoms with Crippen LogP contribution in [0, 0.1) is 19.8 Å². The maximum absolute atomic E-state index is 12.7. The molecule has 1 aromatic rings. The molecule has 1 unspecified atom stereocenters. The van der Waals surface area contributed by atoms with Gasteiger partial charge in [-0.05, 0) is 65.2 Å². The molecule has 1 aromatic heterocycles. The van der Waals surface area contributed by atoms with E-state index in [9.17, 15) is 8.42 Å². The maximum atomic E-state index is 12.7. The van der Waals surface area contributed by atoms with Gasteiger partial charge in [-0.15, -0.1) is 0 Å². The van der Waals surface area contributed by atoms with Crippen LogP contribution in [-0.4, -0.2) is 67.4 Å². The van der Waals surface area contributed by atoms with E-state index in [1.54, 1.807) is 30.8 Å². The molecule has 1 fully saturated rings. The van der Waals surface area contributed by atoms with E-state index in [2.05, 4.69) is 32.1 Å². The summed E-state index contributed by atoms with van der Waals surface area (Å²) in [7, 11) is 0.409. The number of aromatic nitrogens is 2. The monoisotopic (exact) mass is 408 g/mol. The molecule has 2 aliphatic rings. The quantitative estimate of drug-likeness (QED) is 0.743. The molecule has 0 amide bonds. The SMILES string of the molecule is Cc1nn(C)c(C)c1NS(=O)(=O)C1C=CC(NCCC2CCN(C)CC2)=NC1. The molecule has 0 aliphatic carbocycles. The second-order valence-corrected chi connectivity index (χ2v) is 9.80. The molecule has 1 saturated heterocycles. The molecule has 28 heavy (non-hydrogen) atoms. The zero-order valence-electron chi connectivity index (χ0n) is 17.3. The van der Waals surface area contributed by atoms with Gasteiger partial charge in [-0.2, -0.15) is 5.10 Å². The third-order valence-electron chi connectivity index (χ3n) is 5.76. The summed E-state index contributed by atoms with van der Waals surface area (Å²) in [6, 6.07) is 0. The average molecular weight is 409 g/mol. The predicted molar refractivity (Wildman–Crippen MR) is 113 cm³/mol. The molecule has 0 radical (unpaired) electrons. The number of rotatable bonds is 6. The van der Waals surface area contributed by atoms with E-state index in [1.165, 1.54) is 25.9 Å². The summed E-state index contributed by atoms with van der Waals surface area (Å²) in [5, 5.41) is 6.93. The number of nitrogens with zero attached hydrogens (tertiary/aromatic N) is 4. The van der Waals surface area contributed by atoms with Crippen LogP contribution >= 0.6 is 0 Å². The zero-order chi connectivity index (χ0) is 20.3. The summed E-state index contributed by atoms with van der Waals surface area (Å²) in [6.07, 6.45) is 7.13. The molecule has 2 aliphatic heterocycles. The van der Waals surface area contributed by atoms with Crippen LogP contribution in [0.15, 0.2) is 17.1 Å². The van der Waals surface area contributed by atoms with Gasteiger partial charge in [0.1, 0.15) is 11.1 Å². The van der Waals surface area contributed by atoms with Crippen LogP contribution in [0.3, 0.4) is 0 Å². The molecule has 0 bridgehead atoms. The van der Waals surface area contributed by atoms with Crippen molar-refractivity contribution in [1.82, 2.24) is 20.0 Å².